The summed E-state index contributed by atoms with van der Waals surface area (Å²) in [6.07, 6.45) is 1.72. The first-order chi connectivity index (χ1) is 7.69. The highest BCUT2D eigenvalue weighted by Gasteiger charge is 2.44. The molecule has 0 N–H and O–H groups in total. The van der Waals surface area contributed by atoms with Crippen molar-refractivity contribution in [2.24, 2.45) is 0 Å². The lowest BCUT2D eigenvalue weighted by atomic mass is 9.77. The minimum atomic E-state index is -0.393. The predicted molar refractivity (Wildman–Crippen MR) is 64.7 cm³/mol. The fraction of sp³-hybridized carbons (Fsp3) is 0.583. The second-order valence-corrected chi connectivity index (χ2v) is 5.30. The van der Waals surface area contributed by atoms with Gasteiger partial charge in [-0.1, -0.05) is 6.07 Å². The van der Waals surface area contributed by atoms with E-state index in [0.29, 0.717) is 0 Å². The van der Waals surface area contributed by atoms with Gasteiger partial charge in [0.15, 0.2) is 0 Å². The van der Waals surface area contributed by atoms with Gasteiger partial charge in [0.1, 0.15) is 5.41 Å². The number of carbonyl (C=O) groups is 1. The van der Waals surface area contributed by atoms with Gasteiger partial charge in [0.05, 0.1) is 7.11 Å². The van der Waals surface area contributed by atoms with Crippen molar-refractivity contribution in [1.82, 2.24) is 4.90 Å². The van der Waals surface area contributed by atoms with Crippen molar-refractivity contribution >= 4 is 17.3 Å². The van der Waals surface area contributed by atoms with Crippen molar-refractivity contribution in [3.8, 4) is 0 Å². The second kappa shape index (κ2) is 4.55. The average Bonchev–Trinajstić information content (AvgIpc) is 2.83. The molecule has 0 amide bonds. The van der Waals surface area contributed by atoms with Crippen LogP contribution in [0.2, 0.25) is 0 Å². The van der Waals surface area contributed by atoms with Crippen LogP contribution in [0.1, 0.15) is 17.7 Å². The number of thiophene rings is 1. The lowest BCUT2D eigenvalue weighted by Crippen LogP contribution is -2.46. The van der Waals surface area contributed by atoms with Gasteiger partial charge in [0.2, 0.25) is 0 Å². The van der Waals surface area contributed by atoms with E-state index in [9.17, 15) is 4.79 Å². The molecule has 1 fully saturated rings. The molecule has 2 heterocycles. The average molecular weight is 239 g/mol. The third kappa shape index (κ3) is 1.87. The van der Waals surface area contributed by atoms with Crippen LogP contribution in [0.15, 0.2) is 17.5 Å². The fourth-order valence-corrected chi connectivity index (χ4v) is 3.27. The molecular formula is C12H17NO2S. The summed E-state index contributed by atoms with van der Waals surface area (Å²) in [6.45, 7) is 1.90. The van der Waals surface area contributed by atoms with Crippen LogP contribution in [0.25, 0.3) is 0 Å². The molecule has 0 radical (unpaired) electrons. The minimum Gasteiger partial charge on any atom is -0.468 e. The Morgan fingerprint density at radius 1 is 1.50 bits per heavy atom. The highest BCUT2D eigenvalue weighted by atomic mass is 32.1. The number of piperidine rings is 1. The molecule has 0 aromatic carbocycles. The molecule has 1 aliphatic heterocycles. The first-order valence-corrected chi connectivity index (χ1v) is 6.38. The van der Waals surface area contributed by atoms with Crippen LogP contribution in [0.5, 0.6) is 0 Å². The molecule has 2 rings (SSSR count). The fourth-order valence-electron chi connectivity index (χ4n) is 2.30. The Morgan fingerprint density at radius 2 is 2.19 bits per heavy atom. The van der Waals surface area contributed by atoms with Crippen LogP contribution < -0.4 is 0 Å². The number of ether oxygens (including phenoxy) is 1. The number of rotatable bonds is 2. The molecule has 1 aromatic rings. The summed E-state index contributed by atoms with van der Waals surface area (Å²) in [7, 11) is 3.58. The van der Waals surface area contributed by atoms with Gasteiger partial charge < -0.3 is 9.64 Å². The standard InChI is InChI=1S/C12H17NO2S/c1-13-7-5-12(6-8-13,11(14)15-2)10-4-3-9-16-10/h3-4,9H,5-8H2,1-2H3. The van der Waals surface area contributed by atoms with E-state index in [-0.39, 0.29) is 5.97 Å². The van der Waals surface area contributed by atoms with E-state index in [0.717, 1.165) is 30.8 Å². The lowest BCUT2D eigenvalue weighted by Gasteiger charge is -2.37. The largest absolute Gasteiger partial charge is 0.468 e. The number of likely N-dealkylation sites (tertiary alicyclic amines) is 1. The molecule has 0 bridgehead atoms. The van der Waals surface area contributed by atoms with Crippen molar-refractivity contribution in [2.45, 2.75) is 18.3 Å². The summed E-state index contributed by atoms with van der Waals surface area (Å²) in [4.78, 5) is 15.5. The molecule has 3 nitrogen and oxygen atoms in total. The van der Waals surface area contributed by atoms with E-state index in [1.54, 1.807) is 11.3 Å². The maximum Gasteiger partial charge on any atom is 0.317 e. The van der Waals surface area contributed by atoms with E-state index in [1.807, 2.05) is 17.5 Å². The zero-order chi connectivity index (χ0) is 11.6. The topological polar surface area (TPSA) is 29.5 Å². The zero-order valence-electron chi connectivity index (χ0n) is 9.73. The normalized spacial score (nSPS) is 20.6. The molecule has 0 aliphatic carbocycles. The summed E-state index contributed by atoms with van der Waals surface area (Å²) < 4.78 is 5.00. The minimum absolute atomic E-state index is 0.0805. The van der Waals surface area contributed by atoms with Crippen LogP contribution in [-0.2, 0) is 14.9 Å². The van der Waals surface area contributed by atoms with Crippen molar-refractivity contribution in [2.75, 3.05) is 27.2 Å². The van der Waals surface area contributed by atoms with Gasteiger partial charge in [-0.05, 0) is 44.4 Å². The van der Waals surface area contributed by atoms with E-state index in [1.165, 1.54) is 7.11 Å². The molecule has 0 unspecified atom stereocenters. The quantitative estimate of drug-likeness (QED) is 0.738. The van der Waals surface area contributed by atoms with Gasteiger partial charge in [-0.15, -0.1) is 11.3 Å². The molecule has 88 valence electrons. The predicted octanol–water partition coefficient (Wildman–Crippen LogP) is 1.88. The second-order valence-electron chi connectivity index (χ2n) is 4.35. The lowest BCUT2D eigenvalue weighted by molar-refractivity contribution is -0.149. The van der Waals surface area contributed by atoms with Crippen LogP contribution >= 0.6 is 11.3 Å². The highest BCUT2D eigenvalue weighted by molar-refractivity contribution is 7.10. The maximum atomic E-state index is 12.1. The number of hydrogen-bond acceptors (Lipinski definition) is 4. The molecule has 0 atom stereocenters. The Morgan fingerprint density at radius 3 is 2.69 bits per heavy atom. The smallest absolute Gasteiger partial charge is 0.317 e. The molecule has 16 heavy (non-hydrogen) atoms. The molecule has 0 spiro atoms. The van der Waals surface area contributed by atoms with Gasteiger partial charge >= 0.3 is 5.97 Å². The van der Waals surface area contributed by atoms with Crippen molar-refractivity contribution in [1.29, 1.82) is 0 Å². The van der Waals surface area contributed by atoms with Crippen molar-refractivity contribution < 1.29 is 9.53 Å². The summed E-state index contributed by atoms with van der Waals surface area (Å²) in [5.41, 5.74) is -0.393. The van der Waals surface area contributed by atoms with Gasteiger partial charge in [0.25, 0.3) is 0 Å². The summed E-state index contributed by atoms with van der Waals surface area (Å²) in [6, 6.07) is 4.05. The number of hydrogen-bond donors (Lipinski definition) is 0. The third-order valence-electron chi connectivity index (χ3n) is 3.41. The summed E-state index contributed by atoms with van der Waals surface area (Å²) in [5, 5.41) is 2.03. The van der Waals surface area contributed by atoms with Crippen molar-refractivity contribution in [3.63, 3.8) is 0 Å². The molecular weight excluding hydrogens is 222 g/mol. The Bertz CT molecular complexity index is 353. The van der Waals surface area contributed by atoms with E-state index in [4.69, 9.17) is 4.74 Å². The van der Waals surface area contributed by atoms with Crippen LogP contribution in [-0.4, -0.2) is 38.1 Å². The third-order valence-corrected chi connectivity index (χ3v) is 4.48. The number of esters is 1. The van der Waals surface area contributed by atoms with Crippen molar-refractivity contribution in [3.05, 3.63) is 22.4 Å². The van der Waals surface area contributed by atoms with Crippen LogP contribution in [0.4, 0.5) is 0 Å². The highest BCUT2D eigenvalue weighted by Crippen LogP contribution is 2.38. The van der Waals surface area contributed by atoms with E-state index in [2.05, 4.69) is 11.9 Å². The molecule has 0 saturated carbocycles. The monoisotopic (exact) mass is 239 g/mol. The Hall–Kier alpha value is -0.870. The SMILES string of the molecule is COC(=O)C1(c2cccs2)CCN(C)CC1. The van der Waals surface area contributed by atoms with Gasteiger partial charge in [-0.25, -0.2) is 0 Å². The summed E-state index contributed by atoms with van der Waals surface area (Å²) >= 11 is 1.65. The first-order valence-electron chi connectivity index (χ1n) is 5.50. The van der Waals surface area contributed by atoms with Gasteiger partial charge in [0, 0.05) is 4.88 Å². The van der Waals surface area contributed by atoms with E-state index < -0.39 is 5.41 Å². The van der Waals surface area contributed by atoms with Gasteiger partial charge in [-0.3, -0.25) is 4.79 Å². The zero-order valence-corrected chi connectivity index (χ0v) is 10.5. The number of methoxy groups -OCH3 is 1. The Kier molecular flexibility index (Phi) is 3.30. The molecule has 4 heteroatoms. The first kappa shape index (κ1) is 11.6. The van der Waals surface area contributed by atoms with Gasteiger partial charge in [-0.2, -0.15) is 0 Å². The Labute approximate surface area is 100 Å². The van der Waals surface area contributed by atoms with Crippen LogP contribution in [0.3, 0.4) is 0 Å². The molecule has 1 aliphatic rings. The number of carbonyl (C=O) groups excluding carboxylic acids is 1. The molecule has 1 saturated heterocycles. The molecule has 1 aromatic heterocycles. The summed E-state index contributed by atoms with van der Waals surface area (Å²) in [5.74, 6) is -0.0805. The maximum absolute atomic E-state index is 12.1. The van der Waals surface area contributed by atoms with E-state index >= 15 is 0 Å². The Balaban J connectivity index is 2.30. The number of nitrogens with zero attached hydrogens (tertiary/aromatic N) is 1. The van der Waals surface area contributed by atoms with Crippen LogP contribution in [0, 0.1) is 0 Å².